The first-order chi connectivity index (χ1) is 9.26. The third kappa shape index (κ3) is 9.28. The second-order valence-corrected chi connectivity index (χ2v) is 7.85. The van der Waals surface area contributed by atoms with E-state index in [1.54, 1.807) is 0 Å². The first kappa shape index (κ1) is 28.5. The Morgan fingerprint density at radius 1 is 1.05 bits per heavy atom. The van der Waals surface area contributed by atoms with Crippen LogP contribution in [-0.2, 0) is 18.2 Å². The van der Waals surface area contributed by atoms with Crippen LogP contribution in [0.5, 0.6) is 0 Å². The summed E-state index contributed by atoms with van der Waals surface area (Å²) in [6.45, 7) is 10.0. The van der Waals surface area contributed by atoms with Crippen LogP contribution in [0.3, 0.4) is 0 Å². The SMILES string of the molecule is C=CCN(CC=C)C(P(=O)([O-])[O-])P(=O)(OCC)OCC.[Na+].[Na+]. The minimum Gasteiger partial charge on any atom is -0.809 e. The number of hydrogen-bond acceptors (Lipinski definition) is 7. The van der Waals surface area contributed by atoms with Crippen molar-refractivity contribution in [3.8, 4) is 0 Å². The predicted octanol–water partition coefficient (Wildman–Crippen LogP) is -4.87. The normalized spacial score (nSPS) is 13.0. The molecule has 0 amide bonds. The summed E-state index contributed by atoms with van der Waals surface area (Å²) in [6.07, 6.45) is 2.79. The molecular formula is C11H21NNa2O6P2. The summed E-state index contributed by atoms with van der Waals surface area (Å²) in [6, 6.07) is 0. The van der Waals surface area contributed by atoms with E-state index in [2.05, 4.69) is 13.2 Å². The Bertz CT molecular complexity index is 397. The molecule has 0 aliphatic rings. The van der Waals surface area contributed by atoms with Gasteiger partial charge in [-0.05, 0) is 21.4 Å². The average Bonchev–Trinajstić information content (AvgIpc) is 2.28. The van der Waals surface area contributed by atoms with Crippen molar-refractivity contribution in [3.63, 3.8) is 0 Å². The fourth-order valence-electron chi connectivity index (χ4n) is 1.70. The first-order valence-electron chi connectivity index (χ1n) is 6.13. The van der Waals surface area contributed by atoms with E-state index in [0.717, 1.165) is 4.90 Å². The summed E-state index contributed by atoms with van der Waals surface area (Å²) in [5, 5.41) is 0. The summed E-state index contributed by atoms with van der Waals surface area (Å²) in [5.74, 6) is 0. The van der Waals surface area contributed by atoms with E-state index in [-0.39, 0.29) is 85.4 Å². The third-order valence-corrected chi connectivity index (χ3v) is 6.96. The van der Waals surface area contributed by atoms with Gasteiger partial charge < -0.3 is 23.4 Å². The smallest absolute Gasteiger partial charge is 0.809 e. The Balaban J connectivity index is -0.00000180. The zero-order valence-electron chi connectivity index (χ0n) is 13.8. The number of hydrogen-bond donors (Lipinski definition) is 0. The summed E-state index contributed by atoms with van der Waals surface area (Å²) in [4.78, 5) is 24.3. The second kappa shape index (κ2) is 14.0. The maximum atomic E-state index is 12.6. The van der Waals surface area contributed by atoms with E-state index in [0.29, 0.717) is 0 Å². The fraction of sp³-hybridized carbons (Fsp3) is 0.636. The van der Waals surface area contributed by atoms with Crippen LogP contribution in [-0.4, -0.2) is 36.7 Å². The molecule has 22 heavy (non-hydrogen) atoms. The van der Waals surface area contributed by atoms with Gasteiger partial charge in [0.25, 0.3) is 0 Å². The van der Waals surface area contributed by atoms with Crippen LogP contribution in [0.25, 0.3) is 0 Å². The van der Waals surface area contributed by atoms with Crippen molar-refractivity contribution in [2.45, 2.75) is 19.4 Å². The number of rotatable bonds is 11. The van der Waals surface area contributed by atoms with Crippen molar-refractivity contribution in [3.05, 3.63) is 25.3 Å². The summed E-state index contributed by atoms with van der Waals surface area (Å²) >= 11 is 0. The van der Waals surface area contributed by atoms with E-state index in [9.17, 15) is 18.9 Å². The average molecular weight is 371 g/mol. The molecule has 0 saturated heterocycles. The molecule has 1 unspecified atom stereocenters. The van der Waals surface area contributed by atoms with Crippen molar-refractivity contribution in [1.82, 2.24) is 4.90 Å². The van der Waals surface area contributed by atoms with Crippen molar-refractivity contribution in [2.75, 3.05) is 26.3 Å². The van der Waals surface area contributed by atoms with Crippen LogP contribution in [0.1, 0.15) is 13.8 Å². The molecule has 0 aromatic heterocycles. The fourth-order valence-corrected chi connectivity index (χ4v) is 5.72. The van der Waals surface area contributed by atoms with Crippen molar-refractivity contribution in [2.24, 2.45) is 0 Å². The maximum absolute atomic E-state index is 12.6. The Hall–Kier alpha value is 1.74. The molecule has 0 aromatic rings. The summed E-state index contributed by atoms with van der Waals surface area (Å²) < 4.78 is 34.1. The first-order valence-corrected chi connectivity index (χ1v) is 9.35. The van der Waals surface area contributed by atoms with Gasteiger partial charge in [-0.2, -0.15) is 0 Å². The van der Waals surface area contributed by atoms with E-state index in [1.165, 1.54) is 26.0 Å². The maximum Gasteiger partial charge on any atom is 1.00 e. The molecule has 0 fully saturated rings. The van der Waals surface area contributed by atoms with E-state index < -0.39 is 20.7 Å². The molecule has 11 heteroatoms. The molecule has 118 valence electrons. The molecule has 0 saturated carbocycles. The molecule has 0 aliphatic carbocycles. The molecule has 0 N–H and O–H groups in total. The molecule has 0 spiro atoms. The van der Waals surface area contributed by atoms with E-state index in [4.69, 9.17) is 9.05 Å². The summed E-state index contributed by atoms with van der Waals surface area (Å²) in [7, 11) is -9.38. The minimum absolute atomic E-state index is 0. The molecule has 0 rings (SSSR count). The van der Waals surface area contributed by atoms with Gasteiger partial charge in [-0.25, -0.2) is 0 Å². The van der Waals surface area contributed by atoms with Crippen LogP contribution in [0.2, 0.25) is 0 Å². The van der Waals surface area contributed by atoms with Gasteiger partial charge >= 0.3 is 66.7 Å². The molecule has 0 aliphatic heterocycles. The third-order valence-electron chi connectivity index (χ3n) is 2.24. The molecular weight excluding hydrogens is 350 g/mol. The van der Waals surface area contributed by atoms with Crippen LogP contribution in [0.15, 0.2) is 25.3 Å². The van der Waals surface area contributed by atoms with Crippen molar-refractivity contribution >= 4 is 15.2 Å². The Labute approximate surface area is 176 Å². The largest absolute Gasteiger partial charge is 1.00 e. The molecule has 0 bridgehead atoms. The van der Waals surface area contributed by atoms with Crippen molar-refractivity contribution in [1.29, 1.82) is 0 Å². The van der Waals surface area contributed by atoms with Crippen LogP contribution >= 0.6 is 15.2 Å². The molecule has 7 nitrogen and oxygen atoms in total. The Morgan fingerprint density at radius 3 is 1.64 bits per heavy atom. The van der Waals surface area contributed by atoms with Crippen LogP contribution in [0.4, 0.5) is 0 Å². The van der Waals surface area contributed by atoms with Crippen molar-refractivity contribution < 1.29 is 87.1 Å². The summed E-state index contributed by atoms with van der Waals surface area (Å²) in [5.41, 5.74) is -1.90. The molecule has 0 radical (unpaired) electrons. The minimum atomic E-state index is -5.26. The van der Waals surface area contributed by atoms with Gasteiger partial charge in [0, 0.05) is 13.1 Å². The predicted molar refractivity (Wildman–Crippen MR) is 74.2 cm³/mol. The van der Waals surface area contributed by atoms with Gasteiger partial charge in [0.05, 0.1) is 13.2 Å². The monoisotopic (exact) mass is 371 g/mol. The van der Waals surface area contributed by atoms with E-state index >= 15 is 0 Å². The molecule has 1 atom stereocenters. The van der Waals surface area contributed by atoms with Gasteiger partial charge in [0.2, 0.25) is 0 Å². The second-order valence-electron chi connectivity index (χ2n) is 3.79. The Kier molecular flexibility index (Phi) is 18.1. The topological polar surface area (TPSA) is 102 Å². The van der Waals surface area contributed by atoms with Gasteiger partial charge in [-0.3, -0.25) is 9.46 Å². The van der Waals surface area contributed by atoms with Gasteiger partial charge in [-0.1, -0.05) is 12.2 Å². The van der Waals surface area contributed by atoms with Gasteiger partial charge in [0.1, 0.15) is 5.52 Å². The quantitative estimate of drug-likeness (QED) is 0.204. The zero-order valence-corrected chi connectivity index (χ0v) is 19.6. The van der Waals surface area contributed by atoms with Crippen LogP contribution < -0.4 is 68.9 Å². The Morgan fingerprint density at radius 2 is 1.41 bits per heavy atom. The number of nitrogens with zero attached hydrogens (tertiary/aromatic N) is 1. The van der Waals surface area contributed by atoms with Gasteiger partial charge in [0.15, 0.2) is 0 Å². The molecule has 0 heterocycles. The van der Waals surface area contributed by atoms with E-state index in [1.807, 2.05) is 0 Å². The molecule has 0 aromatic carbocycles. The van der Waals surface area contributed by atoms with Gasteiger partial charge in [-0.15, -0.1) is 13.2 Å². The van der Waals surface area contributed by atoms with Crippen LogP contribution in [0, 0.1) is 0 Å². The standard InChI is InChI=1S/C11H23NO6P2.2Na/c1-5-9-12(10-6-2)11(19(13,14)15)20(16,17-7-3)18-8-4;;/h5-6,11H,1-2,7-10H2,3-4H3,(H2,13,14,15);;/q;2*+1/p-2. The zero-order chi connectivity index (χ0) is 15.8.